The Morgan fingerprint density at radius 1 is 1.33 bits per heavy atom. The Labute approximate surface area is 74.2 Å². The van der Waals surface area contributed by atoms with E-state index in [1.54, 1.807) is 0 Å². The Morgan fingerprint density at radius 3 is 2.50 bits per heavy atom. The van der Waals surface area contributed by atoms with Gasteiger partial charge in [-0.2, -0.15) is 5.26 Å². The highest BCUT2D eigenvalue weighted by Gasteiger charge is 2.17. The Balaban J connectivity index is 2.24. The number of nitriles is 1. The fourth-order valence-corrected chi connectivity index (χ4v) is 1.99. The molecule has 1 rings (SSSR count). The van der Waals surface area contributed by atoms with Gasteiger partial charge in [-0.25, -0.2) is 0 Å². The third-order valence-electron chi connectivity index (χ3n) is 2.75. The zero-order valence-electron chi connectivity index (χ0n) is 7.50. The maximum Gasteiger partial charge on any atom is 0.0697 e. The van der Waals surface area contributed by atoms with Gasteiger partial charge in [0.25, 0.3) is 0 Å². The monoisotopic (exact) mass is 167 g/mol. The van der Waals surface area contributed by atoms with Gasteiger partial charge in [0.1, 0.15) is 0 Å². The second kappa shape index (κ2) is 5.16. The summed E-state index contributed by atoms with van der Waals surface area (Å²) in [5.74, 6) is 0.587. The lowest BCUT2D eigenvalue weighted by molar-refractivity contribution is 0.216. The van der Waals surface area contributed by atoms with Crippen LogP contribution in [0.25, 0.3) is 0 Å². The third-order valence-corrected chi connectivity index (χ3v) is 2.75. The molecule has 0 aromatic heterocycles. The molecule has 0 heterocycles. The van der Waals surface area contributed by atoms with Crippen LogP contribution in [-0.2, 0) is 0 Å². The van der Waals surface area contributed by atoms with Crippen LogP contribution in [0.3, 0.4) is 0 Å². The predicted molar refractivity (Wildman–Crippen MR) is 47.4 cm³/mol. The summed E-state index contributed by atoms with van der Waals surface area (Å²) >= 11 is 0. The minimum absolute atomic E-state index is 0.0347. The van der Waals surface area contributed by atoms with E-state index in [0.29, 0.717) is 5.92 Å². The van der Waals surface area contributed by atoms with Crippen molar-refractivity contribution in [3.8, 4) is 6.07 Å². The first-order valence-electron chi connectivity index (χ1n) is 4.87. The number of nitrogens with zero attached hydrogens (tertiary/aromatic N) is 1. The first-order chi connectivity index (χ1) is 5.86. The molecular formula is C10H17NO. The summed E-state index contributed by atoms with van der Waals surface area (Å²) < 4.78 is 0. The zero-order valence-corrected chi connectivity index (χ0v) is 7.50. The molecule has 1 aliphatic carbocycles. The molecule has 0 spiro atoms. The van der Waals surface area contributed by atoms with E-state index in [1.165, 1.54) is 32.1 Å². The predicted octanol–water partition coefficient (Wildman–Crippen LogP) is 2.09. The molecule has 1 saturated carbocycles. The summed E-state index contributed by atoms with van der Waals surface area (Å²) in [6.07, 6.45) is 7.42. The molecule has 0 aliphatic heterocycles. The molecule has 68 valence electrons. The lowest BCUT2D eigenvalue weighted by atomic mass is 9.83. The highest BCUT2D eigenvalue weighted by atomic mass is 16.3. The quantitative estimate of drug-likeness (QED) is 0.699. The minimum atomic E-state index is -0.118. The SMILES string of the molecule is N#CC(CO)CC1CCCCC1. The van der Waals surface area contributed by atoms with Gasteiger partial charge in [0.15, 0.2) is 0 Å². The molecule has 1 aliphatic rings. The van der Waals surface area contributed by atoms with E-state index >= 15 is 0 Å². The number of hydrogen-bond acceptors (Lipinski definition) is 2. The van der Waals surface area contributed by atoms with Gasteiger partial charge in [-0.05, 0) is 12.3 Å². The van der Waals surface area contributed by atoms with E-state index in [1.807, 2.05) is 0 Å². The molecule has 0 aromatic carbocycles. The van der Waals surface area contributed by atoms with E-state index < -0.39 is 0 Å². The van der Waals surface area contributed by atoms with Crippen molar-refractivity contribution >= 4 is 0 Å². The molecule has 2 heteroatoms. The van der Waals surface area contributed by atoms with Crippen LogP contribution in [0.5, 0.6) is 0 Å². The van der Waals surface area contributed by atoms with E-state index in [0.717, 1.165) is 6.42 Å². The average Bonchev–Trinajstić information content (AvgIpc) is 2.16. The van der Waals surface area contributed by atoms with Gasteiger partial charge in [0.05, 0.1) is 18.6 Å². The highest BCUT2D eigenvalue weighted by molar-refractivity contribution is 4.84. The average molecular weight is 167 g/mol. The number of hydrogen-bond donors (Lipinski definition) is 1. The summed E-state index contributed by atoms with van der Waals surface area (Å²) in [7, 11) is 0. The highest BCUT2D eigenvalue weighted by Crippen LogP contribution is 2.28. The van der Waals surface area contributed by atoms with E-state index in [-0.39, 0.29) is 12.5 Å². The molecule has 1 unspecified atom stereocenters. The van der Waals surface area contributed by atoms with Crippen LogP contribution in [-0.4, -0.2) is 11.7 Å². The molecule has 0 aromatic rings. The van der Waals surface area contributed by atoms with Crippen molar-refractivity contribution in [1.82, 2.24) is 0 Å². The molecule has 12 heavy (non-hydrogen) atoms. The van der Waals surface area contributed by atoms with Crippen molar-refractivity contribution < 1.29 is 5.11 Å². The van der Waals surface area contributed by atoms with Gasteiger partial charge in [-0.1, -0.05) is 32.1 Å². The fraction of sp³-hybridized carbons (Fsp3) is 0.900. The van der Waals surface area contributed by atoms with Gasteiger partial charge >= 0.3 is 0 Å². The van der Waals surface area contributed by atoms with Crippen LogP contribution < -0.4 is 0 Å². The maximum absolute atomic E-state index is 8.83. The van der Waals surface area contributed by atoms with Crippen molar-refractivity contribution in [3.63, 3.8) is 0 Å². The first-order valence-corrected chi connectivity index (χ1v) is 4.87. The summed E-state index contributed by atoms with van der Waals surface area (Å²) in [4.78, 5) is 0. The van der Waals surface area contributed by atoms with Crippen LogP contribution >= 0.6 is 0 Å². The largest absolute Gasteiger partial charge is 0.395 e. The van der Waals surface area contributed by atoms with Crippen molar-refractivity contribution in [3.05, 3.63) is 0 Å². The lowest BCUT2D eigenvalue weighted by Gasteiger charge is -2.22. The number of rotatable bonds is 3. The number of aliphatic hydroxyl groups excluding tert-OH is 1. The van der Waals surface area contributed by atoms with E-state index in [9.17, 15) is 0 Å². The Kier molecular flexibility index (Phi) is 4.10. The van der Waals surface area contributed by atoms with Crippen LogP contribution in [0.1, 0.15) is 38.5 Å². The van der Waals surface area contributed by atoms with E-state index in [4.69, 9.17) is 10.4 Å². The smallest absolute Gasteiger partial charge is 0.0697 e. The van der Waals surface area contributed by atoms with Gasteiger partial charge in [0.2, 0.25) is 0 Å². The summed E-state index contributed by atoms with van der Waals surface area (Å²) in [5, 5.41) is 17.5. The van der Waals surface area contributed by atoms with E-state index in [2.05, 4.69) is 6.07 Å². The Morgan fingerprint density at radius 2 is 2.00 bits per heavy atom. The van der Waals surface area contributed by atoms with Gasteiger partial charge in [0, 0.05) is 0 Å². The maximum atomic E-state index is 8.83. The topological polar surface area (TPSA) is 44.0 Å². The van der Waals surface area contributed by atoms with Crippen LogP contribution in [0, 0.1) is 23.2 Å². The Hall–Kier alpha value is -0.550. The molecular weight excluding hydrogens is 150 g/mol. The van der Waals surface area contributed by atoms with Gasteiger partial charge in [-0.15, -0.1) is 0 Å². The molecule has 0 saturated heterocycles. The first kappa shape index (κ1) is 9.54. The van der Waals surface area contributed by atoms with Crippen molar-refractivity contribution in [2.75, 3.05) is 6.61 Å². The normalized spacial score (nSPS) is 21.7. The van der Waals surface area contributed by atoms with Crippen molar-refractivity contribution in [1.29, 1.82) is 5.26 Å². The van der Waals surface area contributed by atoms with Crippen molar-refractivity contribution in [2.24, 2.45) is 11.8 Å². The van der Waals surface area contributed by atoms with Crippen LogP contribution in [0.15, 0.2) is 0 Å². The molecule has 0 bridgehead atoms. The molecule has 1 N–H and O–H groups in total. The second-order valence-corrected chi connectivity index (χ2v) is 3.75. The molecule has 1 atom stereocenters. The fourth-order valence-electron chi connectivity index (χ4n) is 1.99. The molecule has 0 radical (unpaired) electrons. The van der Waals surface area contributed by atoms with Gasteiger partial charge in [-0.3, -0.25) is 0 Å². The molecule has 0 amide bonds. The van der Waals surface area contributed by atoms with Crippen molar-refractivity contribution in [2.45, 2.75) is 38.5 Å². The Bertz CT molecular complexity index is 156. The standard InChI is InChI=1S/C10H17NO/c11-7-10(8-12)6-9-4-2-1-3-5-9/h9-10,12H,1-6,8H2. The van der Waals surface area contributed by atoms with Crippen LogP contribution in [0.2, 0.25) is 0 Å². The number of aliphatic hydroxyl groups is 1. The summed E-state index contributed by atoms with van der Waals surface area (Å²) in [6.45, 7) is 0.0347. The molecule has 1 fully saturated rings. The summed E-state index contributed by atoms with van der Waals surface area (Å²) in [5.41, 5.74) is 0. The van der Waals surface area contributed by atoms with Gasteiger partial charge < -0.3 is 5.11 Å². The minimum Gasteiger partial charge on any atom is -0.395 e. The lowest BCUT2D eigenvalue weighted by Crippen LogP contribution is -2.13. The third kappa shape index (κ3) is 2.83. The molecule has 2 nitrogen and oxygen atoms in total. The van der Waals surface area contributed by atoms with Crippen LogP contribution in [0.4, 0.5) is 0 Å². The zero-order chi connectivity index (χ0) is 8.81. The summed E-state index contributed by atoms with van der Waals surface area (Å²) in [6, 6.07) is 2.15. The second-order valence-electron chi connectivity index (χ2n) is 3.75.